The Morgan fingerprint density at radius 2 is 1.48 bits per heavy atom. The van der Waals surface area contributed by atoms with Crippen LogP contribution < -0.4 is 0 Å². The van der Waals surface area contributed by atoms with Crippen molar-refractivity contribution >= 4 is 23.9 Å². The summed E-state index contributed by atoms with van der Waals surface area (Å²) in [6, 6.07) is 17.8. The van der Waals surface area contributed by atoms with Crippen molar-refractivity contribution < 1.29 is 19.1 Å². The first-order valence-corrected chi connectivity index (χ1v) is 7.68. The summed E-state index contributed by atoms with van der Waals surface area (Å²) in [5.74, 6) is -1.70. The molecule has 5 heteroatoms. The molecule has 1 aliphatic rings. The summed E-state index contributed by atoms with van der Waals surface area (Å²) in [4.78, 5) is 35.2. The molecule has 1 heterocycles. The summed E-state index contributed by atoms with van der Waals surface area (Å²) in [6.45, 7) is -0.401. The van der Waals surface area contributed by atoms with E-state index in [1.807, 2.05) is 54.6 Å². The van der Waals surface area contributed by atoms with E-state index in [9.17, 15) is 14.4 Å². The van der Waals surface area contributed by atoms with Crippen LogP contribution in [-0.4, -0.2) is 29.2 Å². The van der Waals surface area contributed by atoms with Gasteiger partial charge in [-0.05, 0) is 22.8 Å². The normalized spacial score (nSPS) is 13.7. The van der Waals surface area contributed by atoms with Gasteiger partial charge in [-0.1, -0.05) is 54.6 Å². The first kappa shape index (κ1) is 16.4. The fourth-order valence-corrected chi connectivity index (χ4v) is 2.36. The van der Waals surface area contributed by atoms with E-state index in [1.54, 1.807) is 6.08 Å². The smallest absolute Gasteiger partial charge is 0.331 e. The van der Waals surface area contributed by atoms with Gasteiger partial charge in [0.1, 0.15) is 6.54 Å². The van der Waals surface area contributed by atoms with Gasteiger partial charge in [-0.15, -0.1) is 0 Å². The Balaban J connectivity index is 1.55. The van der Waals surface area contributed by atoms with E-state index >= 15 is 0 Å². The zero-order chi connectivity index (χ0) is 17.6. The first-order chi connectivity index (χ1) is 12.1. The van der Waals surface area contributed by atoms with Crippen molar-refractivity contribution in [3.05, 3.63) is 78.6 Å². The highest BCUT2D eigenvalue weighted by atomic mass is 16.5. The van der Waals surface area contributed by atoms with Crippen LogP contribution in [0, 0.1) is 0 Å². The van der Waals surface area contributed by atoms with Crippen LogP contribution >= 0.6 is 0 Å². The molecule has 0 aliphatic carbocycles. The molecule has 25 heavy (non-hydrogen) atoms. The fourth-order valence-electron chi connectivity index (χ4n) is 2.36. The molecule has 0 radical (unpaired) electrons. The largest absolute Gasteiger partial charge is 0.433 e. The molecule has 0 fully saturated rings. The topological polar surface area (TPSA) is 63.7 Å². The molecule has 0 saturated heterocycles. The summed E-state index contributed by atoms with van der Waals surface area (Å²) in [6.07, 6.45) is 5.14. The van der Waals surface area contributed by atoms with E-state index in [4.69, 9.17) is 4.74 Å². The number of esters is 1. The maximum atomic E-state index is 11.7. The van der Waals surface area contributed by atoms with E-state index in [-0.39, 0.29) is 0 Å². The molecule has 0 aromatic heterocycles. The van der Waals surface area contributed by atoms with E-state index < -0.39 is 24.3 Å². The number of benzene rings is 2. The molecule has 0 bridgehead atoms. The maximum Gasteiger partial charge on any atom is 0.331 e. The Kier molecular flexibility index (Phi) is 4.85. The van der Waals surface area contributed by atoms with Gasteiger partial charge in [0.05, 0.1) is 6.26 Å². The molecule has 3 rings (SSSR count). The van der Waals surface area contributed by atoms with Crippen LogP contribution in [0.3, 0.4) is 0 Å². The van der Waals surface area contributed by atoms with E-state index in [0.717, 1.165) is 33.7 Å². The molecule has 2 aromatic rings. The Hall–Kier alpha value is -3.47. The minimum atomic E-state index is -0.678. The Bertz CT molecular complexity index is 833. The minimum absolute atomic E-state index is 0.401. The Labute approximate surface area is 144 Å². The second kappa shape index (κ2) is 7.40. The number of amides is 2. The van der Waals surface area contributed by atoms with Gasteiger partial charge in [0, 0.05) is 12.2 Å². The highest BCUT2D eigenvalue weighted by molar-refractivity contribution is 6.14. The lowest BCUT2D eigenvalue weighted by atomic mass is 10.0. The number of carbonyl (C=O) groups excluding carboxylic acids is 3. The van der Waals surface area contributed by atoms with Gasteiger partial charge in [-0.3, -0.25) is 14.5 Å². The molecule has 0 unspecified atom stereocenters. The van der Waals surface area contributed by atoms with Crippen LogP contribution in [-0.2, 0) is 19.1 Å². The summed E-state index contributed by atoms with van der Waals surface area (Å²) in [5.41, 5.74) is 3.08. The van der Waals surface area contributed by atoms with Gasteiger partial charge in [-0.25, -0.2) is 4.79 Å². The van der Waals surface area contributed by atoms with Crippen LogP contribution in [0.15, 0.2) is 73.0 Å². The fraction of sp³-hybridized carbons (Fsp3) is 0.0500. The van der Waals surface area contributed by atoms with Gasteiger partial charge in [0.2, 0.25) is 0 Å². The third kappa shape index (κ3) is 4.09. The molecule has 2 aromatic carbocycles. The third-order valence-corrected chi connectivity index (χ3v) is 3.67. The van der Waals surface area contributed by atoms with Crippen LogP contribution in [0.25, 0.3) is 17.2 Å². The first-order valence-electron chi connectivity index (χ1n) is 7.68. The summed E-state index contributed by atoms with van der Waals surface area (Å²) in [5, 5.41) is 0. The van der Waals surface area contributed by atoms with Crippen LogP contribution in [0.2, 0.25) is 0 Å². The summed E-state index contributed by atoms with van der Waals surface area (Å²) < 4.78 is 4.93. The van der Waals surface area contributed by atoms with Gasteiger partial charge >= 0.3 is 5.97 Å². The van der Waals surface area contributed by atoms with Crippen molar-refractivity contribution in [2.24, 2.45) is 0 Å². The molecule has 124 valence electrons. The summed E-state index contributed by atoms with van der Waals surface area (Å²) in [7, 11) is 0. The molecule has 0 N–H and O–H groups in total. The molecular weight excluding hydrogens is 318 g/mol. The highest BCUT2D eigenvalue weighted by Gasteiger charge is 2.25. The lowest BCUT2D eigenvalue weighted by Crippen LogP contribution is -2.35. The Morgan fingerprint density at radius 1 is 0.880 bits per heavy atom. The predicted molar refractivity (Wildman–Crippen MR) is 92.9 cm³/mol. The molecular formula is C20H15NO4. The SMILES string of the molecule is O=C(CN1C(=O)C=CC1=O)OC=Cc1ccc(-c2ccccc2)cc1. The number of carbonyl (C=O) groups is 3. The van der Waals surface area contributed by atoms with Crippen molar-refractivity contribution in [1.29, 1.82) is 0 Å². The molecule has 0 saturated carbocycles. The van der Waals surface area contributed by atoms with Crippen LogP contribution in [0.5, 0.6) is 0 Å². The van der Waals surface area contributed by atoms with Gasteiger partial charge in [-0.2, -0.15) is 0 Å². The number of nitrogens with zero attached hydrogens (tertiary/aromatic N) is 1. The average molecular weight is 333 g/mol. The average Bonchev–Trinajstić information content (AvgIpc) is 2.95. The van der Waals surface area contributed by atoms with Gasteiger partial charge in [0.25, 0.3) is 11.8 Å². The van der Waals surface area contributed by atoms with Crippen LogP contribution in [0.4, 0.5) is 0 Å². The monoisotopic (exact) mass is 333 g/mol. The van der Waals surface area contributed by atoms with Gasteiger partial charge < -0.3 is 4.74 Å². The van der Waals surface area contributed by atoms with Crippen LogP contribution in [0.1, 0.15) is 5.56 Å². The van der Waals surface area contributed by atoms with E-state index in [2.05, 4.69) is 0 Å². The number of hydrogen-bond acceptors (Lipinski definition) is 4. The van der Waals surface area contributed by atoms with E-state index in [0.29, 0.717) is 0 Å². The number of ether oxygens (including phenoxy) is 1. The summed E-state index contributed by atoms with van der Waals surface area (Å²) >= 11 is 0. The lowest BCUT2D eigenvalue weighted by molar-refractivity contribution is -0.148. The molecule has 0 spiro atoms. The van der Waals surface area contributed by atoms with Crippen molar-refractivity contribution in [3.8, 4) is 11.1 Å². The zero-order valence-electron chi connectivity index (χ0n) is 13.3. The van der Waals surface area contributed by atoms with Crippen molar-refractivity contribution in [3.63, 3.8) is 0 Å². The quantitative estimate of drug-likeness (QED) is 0.479. The second-order valence-electron chi connectivity index (χ2n) is 5.38. The molecule has 1 aliphatic heterocycles. The lowest BCUT2D eigenvalue weighted by Gasteiger charge is -2.11. The number of imide groups is 1. The Morgan fingerprint density at radius 3 is 2.12 bits per heavy atom. The highest BCUT2D eigenvalue weighted by Crippen LogP contribution is 2.19. The standard InChI is InChI=1S/C20H15NO4/c22-18-10-11-19(23)21(18)14-20(24)25-13-12-15-6-8-17(9-7-15)16-4-2-1-3-5-16/h1-13H,14H2. The zero-order valence-corrected chi connectivity index (χ0v) is 13.3. The van der Waals surface area contributed by atoms with Crippen molar-refractivity contribution in [1.82, 2.24) is 4.90 Å². The van der Waals surface area contributed by atoms with Gasteiger partial charge in [0.15, 0.2) is 0 Å². The number of hydrogen-bond donors (Lipinski definition) is 0. The van der Waals surface area contributed by atoms with Crippen molar-refractivity contribution in [2.75, 3.05) is 6.54 Å². The number of rotatable bonds is 5. The minimum Gasteiger partial charge on any atom is -0.433 e. The van der Waals surface area contributed by atoms with Crippen molar-refractivity contribution in [2.45, 2.75) is 0 Å². The second-order valence-corrected chi connectivity index (χ2v) is 5.38. The maximum absolute atomic E-state index is 11.7. The van der Waals surface area contributed by atoms with E-state index in [1.165, 1.54) is 6.26 Å². The molecule has 5 nitrogen and oxygen atoms in total. The molecule has 2 amide bonds. The predicted octanol–water partition coefficient (Wildman–Crippen LogP) is 2.79. The third-order valence-electron chi connectivity index (χ3n) is 3.67. The molecule has 0 atom stereocenters.